The third kappa shape index (κ3) is 3.76. The quantitative estimate of drug-likeness (QED) is 0.664. The van der Waals surface area contributed by atoms with E-state index in [4.69, 9.17) is 10.7 Å². The van der Waals surface area contributed by atoms with Crippen LogP contribution in [0.1, 0.15) is 29.8 Å². The number of anilines is 1. The number of piperazine rings is 1. The summed E-state index contributed by atoms with van der Waals surface area (Å²) in [5.74, 6) is 1.37. The molecule has 7 heteroatoms. The highest BCUT2D eigenvalue weighted by atomic mass is 15.3. The van der Waals surface area contributed by atoms with Crippen molar-refractivity contribution in [1.29, 1.82) is 0 Å². The largest absolute Gasteiger partial charge is 0.370 e. The molecule has 0 radical (unpaired) electrons. The Morgan fingerprint density at radius 3 is 2.62 bits per heavy atom. The molecule has 3 heterocycles. The first-order chi connectivity index (χ1) is 12.8. The number of aliphatic imine (C=N–C) groups is 1. The van der Waals surface area contributed by atoms with Crippen molar-refractivity contribution >= 4 is 11.9 Å². The SMILES string of the molecule is NC(=NCc1ccc2c(n1)CCCC2)N1CCN(c2ncccn2)CC1. The minimum absolute atomic E-state index is 0.543. The van der Waals surface area contributed by atoms with E-state index in [9.17, 15) is 0 Å². The maximum Gasteiger partial charge on any atom is 0.225 e. The fraction of sp³-hybridized carbons (Fsp3) is 0.474. The standard InChI is InChI=1S/C19H25N7/c20-18(23-14-16-7-6-15-4-1-2-5-17(15)24-16)25-10-12-26(13-11-25)19-21-8-3-9-22-19/h3,6-9H,1-2,4-5,10-14H2,(H2,20,23). The fourth-order valence-electron chi connectivity index (χ4n) is 3.57. The van der Waals surface area contributed by atoms with E-state index in [1.165, 1.54) is 24.1 Å². The van der Waals surface area contributed by atoms with E-state index >= 15 is 0 Å². The highest BCUT2D eigenvalue weighted by Crippen LogP contribution is 2.19. The molecule has 0 unspecified atom stereocenters. The Balaban J connectivity index is 1.34. The van der Waals surface area contributed by atoms with Crippen LogP contribution in [0.4, 0.5) is 5.95 Å². The number of nitrogens with two attached hydrogens (primary N) is 1. The molecule has 7 nitrogen and oxygen atoms in total. The van der Waals surface area contributed by atoms with Crippen molar-refractivity contribution in [3.05, 3.63) is 47.5 Å². The van der Waals surface area contributed by atoms with Crippen LogP contribution < -0.4 is 10.6 Å². The first-order valence-electron chi connectivity index (χ1n) is 9.34. The lowest BCUT2D eigenvalue weighted by atomic mass is 9.96. The van der Waals surface area contributed by atoms with Gasteiger partial charge >= 0.3 is 0 Å². The zero-order valence-electron chi connectivity index (χ0n) is 15.0. The summed E-state index contributed by atoms with van der Waals surface area (Å²) in [6.07, 6.45) is 8.31. The summed E-state index contributed by atoms with van der Waals surface area (Å²) in [6.45, 7) is 3.88. The van der Waals surface area contributed by atoms with Gasteiger partial charge in [0.1, 0.15) is 0 Å². The maximum atomic E-state index is 6.22. The summed E-state index contributed by atoms with van der Waals surface area (Å²) in [5, 5.41) is 0. The summed E-state index contributed by atoms with van der Waals surface area (Å²) in [6, 6.07) is 6.13. The van der Waals surface area contributed by atoms with Gasteiger partial charge in [-0.05, 0) is 43.4 Å². The predicted molar refractivity (Wildman–Crippen MR) is 102 cm³/mol. The van der Waals surface area contributed by atoms with E-state index in [0.29, 0.717) is 12.5 Å². The van der Waals surface area contributed by atoms with Crippen molar-refractivity contribution in [2.75, 3.05) is 31.1 Å². The van der Waals surface area contributed by atoms with Crippen LogP contribution in [0.25, 0.3) is 0 Å². The molecular formula is C19H25N7. The number of aryl methyl sites for hydroxylation is 2. The number of hydrogen-bond acceptors (Lipinski definition) is 5. The number of fused-ring (bicyclic) bond motifs is 1. The molecule has 2 aromatic rings. The summed E-state index contributed by atoms with van der Waals surface area (Å²) in [5.41, 5.74) is 9.87. The molecule has 0 saturated carbocycles. The number of aromatic nitrogens is 3. The average molecular weight is 351 g/mol. The van der Waals surface area contributed by atoms with Crippen LogP contribution in [0.3, 0.4) is 0 Å². The lowest BCUT2D eigenvalue weighted by Gasteiger charge is -2.35. The minimum Gasteiger partial charge on any atom is -0.370 e. The van der Waals surface area contributed by atoms with Crippen molar-refractivity contribution < 1.29 is 0 Å². The van der Waals surface area contributed by atoms with Crippen LogP contribution in [0.2, 0.25) is 0 Å². The number of nitrogens with zero attached hydrogens (tertiary/aromatic N) is 6. The van der Waals surface area contributed by atoms with E-state index < -0.39 is 0 Å². The van der Waals surface area contributed by atoms with Gasteiger partial charge in [0.25, 0.3) is 0 Å². The van der Waals surface area contributed by atoms with Crippen molar-refractivity contribution in [1.82, 2.24) is 19.9 Å². The van der Waals surface area contributed by atoms with Gasteiger partial charge in [-0.25, -0.2) is 15.0 Å². The smallest absolute Gasteiger partial charge is 0.225 e. The molecule has 0 aromatic carbocycles. The van der Waals surface area contributed by atoms with Crippen LogP contribution in [-0.4, -0.2) is 52.0 Å². The molecule has 2 aliphatic rings. The van der Waals surface area contributed by atoms with Gasteiger partial charge in [0.15, 0.2) is 5.96 Å². The molecule has 136 valence electrons. The van der Waals surface area contributed by atoms with Crippen molar-refractivity contribution in [2.45, 2.75) is 32.2 Å². The Hall–Kier alpha value is -2.70. The molecule has 0 spiro atoms. The van der Waals surface area contributed by atoms with E-state index in [0.717, 1.165) is 50.7 Å². The first kappa shape index (κ1) is 16.8. The predicted octanol–water partition coefficient (Wildman–Crippen LogP) is 1.39. The number of hydrogen-bond donors (Lipinski definition) is 1. The molecule has 2 N–H and O–H groups in total. The van der Waals surface area contributed by atoms with Gasteiger partial charge in [-0.1, -0.05) is 6.07 Å². The molecule has 4 rings (SSSR count). The van der Waals surface area contributed by atoms with Gasteiger partial charge in [-0.3, -0.25) is 4.98 Å². The molecule has 0 amide bonds. The Kier molecular flexibility index (Phi) is 4.95. The van der Waals surface area contributed by atoms with Gasteiger partial charge in [0, 0.05) is 44.3 Å². The summed E-state index contributed by atoms with van der Waals surface area (Å²) >= 11 is 0. The van der Waals surface area contributed by atoms with Gasteiger partial charge in [-0.15, -0.1) is 0 Å². The molecule has 1 aliphatic carbocycles. The number of rotatable bonds is 3. The Labute approximate surface area is 154 Å². The lowest BCUT2D eigenvalue weighted by Crippen LogP contribution is -2.51. The Morgan fingerprint density at radius 1 is 1.04 bits per heavy atom. The Bertz CT molecular complexity index is 767. The van der Waals surface area contributed by atoms with Gasteiger partial charge < -0.3 is 15.5 Å². The second-order valence-electron chi connectivity index (χ2n) is 6.81. The maximum absolute atomic E-state index is 6.22. The lowest BCUT2D eigenvalue weighted by molar-refractivity contribution is 0.378. The normalized spacial score (nSPS) is 17.9. The molecule has 2 aromatic heterocycles. The highest BCUT2D eigenvalue weighted by Gasteiger charge is 2.20. The molecular weight excluding hydrogens is 326 g/mol. The second kappa shape index (κ2) is 7.68. The van der Waals surface area contributed by atoms with Crippen molar-refractivity contribution in [3.8, 4) is 0 Å². The third-order valence-corrected chi connectivity index (χ3v) is 5.08. The molecule has 0 bridgehead atoms. The van der Waals surface area contributed by atoms with E-state index in [-0.39, 0.29) is 0 Å². The van der Waals surface area contributed by atoms with Crippen molar-refractivity contribution in [3.63, 3.8) is 0 Å². The topological polar surface area (TPSA) is 83.5 Å². The molecule has 1 saturated heterocycles. The first-order valence-corrected chi connectivity index (χ1v) is 9.34. The molecule has 26 heavy (non-hydrogen) atoms. The zero-order valence-corrected chi connectivity index (χ0v) is 15.0. The van der Waals surface area contributed by atoms with Gasteiger partial charge in [0.05, 0.1) is 12.2 Å². The van der Waals surface area contributed by atoms with Gasteiger partial charge in [0.2, 0.25) is 5.95 Å². The average Bonchev–Trinajstić information content (AvgIpc) is 2.72. The number of pyridine rings is 1. The fourth-order valence-corrected chi connectivity index (χ4v) is 3.57. The van der Waals surface area contributed by atoms with Crippen LogP contribution in [0.15, 0.2) is 35.6 Å². The van der Waals surface area contributed by atoms with Gasteiger partial charge in [-0.2, -0.15) is 0 Å². The molecule has 1 aliphatic heterocycles. The zero-order chi connectivity index (χ0) is 17.8. The van der Waals surface area contributed by atoms with E-state index in [1.807, 2.05) is 6.07 Å². The van der Waals surface area contributed by atoms with Crippen LogP contribution in [0, 0.1) is 0 Å². The summed E-state index contributed by atoms with van der Waals surface area (Å²) < 4.78 is 0. The second-order valence-corrected chi connectivity index (χ2v) is 6.81. The molecule has 0 atom stereocenters. The van der Waals surface area contributed by atoms with E-state index in [2.05, 4.69) is 36.9 Å². The Morgan fingerprint density at radius 2 is 1.81 bits per heavy atom. The molecule has 1 fully saturated rings. The number of guanidine groups is 1. The van der Waals surface area contributed by atoms with Crippen molar-refractivity contribution in [2.24, 2.45) is 10.7 Å². The third-order valence-electron chi connectivity index (χ3n) is 5.08. The van der Waals surface area contributed by atoms with Crippen LogP contribution in [-0.2, 0) is 19.4 Å². The van der Waals surface area contributed by atoms with Crippen LogP contribution in [0.5, 0.6) is 0 Å². The highest BCUT2D eigenvalue weighted by molar-refractivity contribution is 5.78. The monoisotopic (exact) mass is 351 g/mol. The minimum atomic E-state index is 0.543. The van der Waals surface area contributed by atoms with Crippen LogP contribution >= 0.6 is 0 Å². The summed E-state index contributed by atoms with van der Waals surface area (Å²) in [7, 11) is 0. The van der Waals surface area contributed by atoms with E-state index in [1.54, 1.807) is 12.4 Å². The summed E-state index contributed by atoms with van der Waals surface area (Å²) in [4.78, 5) is 22.3.